The number of H-pyrrole nitrogens is 1. The molecule has 1 unspecified atom stereocenters. The van der Waals surface area contributed by atoms with Gasteiger partial charge in [0, 0.05) is 50.4 Å². The number of aromatic nitrogens is 2. The first kappa shape index (κ1) is 22.3. The number of nitrogens with one attached hydrogen (secondary N) is 3. The molecule has 0 spiro atoms. The summed E-state index contributed by atoms with van der Waals surface area (Å²) in [6.45, 7) is 4.50. The predicted octanol–water partition coefficient (Wildman–Crippen LogP) is 1.10. The van der Waals surface area contributed by atoms with Crippen LogP contribution < -0.4 is 16.4 Å². The molecule has 2 amide bonds. The van der Waals surface area contributed by atoms with Gasteiger partial charge in [0.05, 0.1) is 5.92 Å². The van der Waals surface area contributed by atoms with Crippen LogP contribution in [-0.2, 0) is 30.8 Å². The molecule has 3 heterocycles. The van der Waals surface area contributed by atoms with Crippen LogP contribution in [0, 0.1) is 5.92 Å². The van der Waals surface area contributed by atoms with E-state index in [4.69, 9.17) is 5.73 Å². The fourth-order valence-corrected chi connectivity index (χ4v) is 4.21. The van der Waals surface area contributed by atoms with Crippen molar-refractivity contribution >= 4 is 24.2 Å². The number of aromatic amines is 1. The number of fused-ring (bicyclic) bond motifs is 1. The molecule has 1 atom stereocenters. The quantitative estimate of drug-likeness (QED) is 0.545. The van der Waals surface area contributed by atoms with Crippen molar-refractivity contribution in [3.63, 3.8) is 0 Å². The Kier molecular flexibility index (Phi) is 7.47. The Hall–Kier alpha value is -2.42. The molecule has 1 fully saturated rings. The maximum atomic E-state index is 12.6. The molecule has 4 rings (SSSR count). The van der Waals surface area contributed by atoms with Gasteiger partial charge < -0.3 is 16.4 Å². The topological polar surface area (TPSA) is 116 Å². The lowest BCUT2D eigenvalue weighted by atomic mass is 9.97. The smallest absolute Gasteiger partial charge is 0.272 e. The first-order valence-electron chi connectivity index (χ1n) is 10.2. The molecule has 1 aromatic carbocycles. The molecule has 0 saturated carbocycles. The first-order chi connectivity index (χ1) is 14.1. The van der Waals surface area contributed by atoms with Gasteiger partial charge in [-0.1, -0.05) is 24.3 Å². The van der Waals surface area contributed by atoms with Crippen LogP contribution in [0.1, 0.15) is 45.7 Å². The fourth-order valence-electron chi connectivity index (χ4n) is 4.21. The monoisotopic (exact) mass is 432 g/mol. The molecule has 1 saturated heterocycles. The number of nitrogens with two attached hydrogens (primary N) is 1. The summed E-state index contributed by atoms with van der Waals surface area (Å²) in [6, 6.07) is 8.20. The molecule has 0 radical (unpaired) electrons. The van der Waals surface area contributed by atoms with Gasteiger partial charge in [-0.05, 0) is 30.5 Å². The molecule has 2 aromatic rings. The van der Waals surface area contributed by atoms with Crippen molar-refractivity contribution in [2.75, 3.05) is 19.6 Å². The van der Waals surface area contributed by atoms with Gasteiger partial charge in [0.2, 0.25) is 5.91 Å². The van der Waals surface area contributed by atoms with Crippen LogP contribution in [0.3, 0.4) is 0 Å². The van der Waals surface area contributed by atoms with Gasteiger partial charge in [-0.2, -0.15) is 5.10 Å². The van der Waals surface area contributed by atoms with Crippen LogP contribution in [0.5, 0.6) is 0 Å². The summed E-state index contributed by atoms with van der Waals surface area (Å²) in [7, 11) is 0. The van der Waals surface area contributed by atoms with Gasteiger partial charge in [-0.25, -0.2) is 0 Å². The second kappa shape index (κ2) is 10.1. The van der Waals surface area contributed by atoms with Crippen molar-refractivity contribution in [3.8, 4) is 0 Å². The van der Waals surface area contributed by atoms with Crippen molar-refractivity contribution in [1.82, 2.24) is 25.7 Å². The van der Waals surface area contributed by atoms with E-state index in [2.05, 4.69) is 37.9 Å². The lowest BCUT2D eigenvalue weighted by Crippen LogP contribution is -2.40. The van der Waals surface area contributed by atoms with Crippen LogP contribution in [0.25, 0.3) is 0 Å². The molecule has 5 N–H and O–H groups in total. The third-order valence-electron chi connectivity index (χ3n) is 5.78. The number of rotatable bonds is 6. The Labute approximate surface area is 182 Å². The molecular weight excluding hydrogens is 404 g/mol. The molecule has 162 valence electrons. The molecule has 2 aliphatic rings. The Morgan fingerprint density at radius 3 is 2.97 bits per heavy atom. The van der Waals surface area contributed by atoms with Crippen LogP contribution >= 0.6 is 12.4 Å². The largest absolute Gasteiger partial charge is 0.369 e. The molecular formula is C21H29ClN6O2. The van der Waals surface area contributed by atoms with E-state index in [9.17, 15) is 9.59 Å². The SMILES string of the molecule is Cl.NC(=O)C1CCCN(Cc2cccc(CNC(=O)c3n[nH]c4c3CNCC4)c2)C1. The van der Waals surface area contributed by atoms with E-state index in [1.54, 1.807) is 0 Å². The van der Waals surface area contributed by atoms with Crippen LogP contribution in [0.2, 0.25) is 0 Å². The molecule has 0 bridgehead atoms. The zero-order valence-electron chi connectivity index (χ0n) is 16.9. The lowest BCUT2D eigenvalue weighted by Gasteiger charge is -2.31. The highest BCUT2D eigenvalue weighted by Gasteiger charge is 2.24. The third kappa shape index (κ3) is 5.19. The minimum absolute atomic E-state index is 0. The third-order valence-corrected chi connectivity index (χ3v) is 5.78. The standard InChI is InChI=1S/C21H28N6O2.ClH/c22-20(28)16-5-2-8-27(13-16)12-15-4-1-3-14(9-15)10-24-21(29)19-17-11-23-7-6-18(17)25-26-19;/h1,3-4,9,16,23H,2,5-8,10-13H2,(H2,22,28)(H,24,29)(H,25,26);1H. The number of primary amides is 1. The second-order valence-electron chi connectivity index (χ2n) is 7.94. The van der Waals surface area contributed by atoms with E-state index in [1.807, 2.05) is 12.1 Å². The summed E-state index contributed by atoms with van der Waals surface area (Å²) in [6.07, 6.45) is 2.74. The second-order valence-corrected chi connectivity index (χ2v) is 7.94. The maximum Gasteiger partial charge on any atom is 0.272 e. The van der Waals surface area contributed by atoms with Crippen LogP contribution in [-0.4, -0.2) is 46.5 Å². The number of hydrogen-bond donors (Lipinski definition) is 4. The number of carbonyl (C=O) groups excluding carboxylic acids is 2. The van der Waals surface area contributed by atoms with E-state index in [0.29, 0.717) is 25.3 Å². The molecule has 1 aromatic heterocycles. The van der Waals surface area contributed by atoms with Crippen LogP contribution in [0.4, 0.5) is 0 Å². The predicted molar refractivity (Wildman–Crippen MR) is 116 cm³/mol. The number of likely N-dealkylation sites (tertiary alicyclic amines) is 1. The number of piperidine rings is 1. The Bertz CT molecular complexity index is 899. The number of amides is 2. The van der Waals surface area contributed by atoms with E-state index in [0.717, 1.165) is 55.7 Å². The average Bonchev–Trinajstić information content (AvgIpc) is 3.17. The summed E-state index contributed by atoms with van der Waals surface area (Å²) in [5.41, 5.74) is 10.2. The minimum atomic E-state index is -0.207. The summed E-state index contributed by atoms with van der Waals surface area (Å²) >= 11 is 0. The number of carbonyl (C=O) groups is 2. The van der Waals surface area contributed by atoms with Crippen LogP contribution in [0.15, 0.2) is 24.3 Å². The van der Waals surface area contributed by atoms with Gasteiger partial charge in [-0.15, -0.1) is 12.4 Å². The minimum Gasteiger partial charge on any atom is -0.369 e. The number of nitrogens with zero attached hydrogens (tertiary/aromatic N) is 2. The highest BCUT2D eigenvalue weighted by Crippen LogP contribution is 2.19. The number of halogens is 1. The zero-order valence-corrected chi connectivity index (χ0v) is 17.8. The van der Waals surface area contributed by atoms with E-state index >= 15 is 0 Å². The van der Waals surface area contributed by atoms with Crippen molar-refractivity contribution in [2.24, 2.45) is 11.7 Å². The van der Waals surface area contributed by atoms with Crippen molar-refractivity contribution < 1.29 is 9.59 Å². The van der Waals surface area contributed by atoms with Gasteiger partial charge in [0.15, 0.2) is 5.69 Å². The highest BCUT2D eigenvalue weighted by molar-refractivity contribution is 5.94. The maximum absolute atomic E-state index is 12.6. The Balaban J connectivity index is 0.00000256. The van der Waals surface area contributed by atoms with Crippen molar-refractivity contribution in [3.05, 3.63) is 52.3 Å². The van der Waals surface area contributed by atoms with Gasteiger partial charge in [0.25, 0.3) is 5.91 Å². The van der Waals surface area contributed by atoms with Gasteiger partial charge >= 0.3 is 0 Å². The molecule has 8 nitrogen and oxygen atoms in total. The van der Waals surface area contributed by atoms with Crippen molar-refractivity contribution in [1.29, 1.82) is 0 Å². The zero-order chi connectivity index (χ0) is 20.2. The average molecular weight is 433 g/mol. The van der Waals surface area contributed by atoms with E-state index in [1.165, 1.54) is 5.56 Å². The lowest BCUT2D eigenvalue weighted by molar-refractivity contribution is -0.123. The summed E-state index contributed by atoms with van der Waals surface area (Å²) in [4.78, 5) is 26.3. The molecule has 9 heteroatoms. The molecule has 2 aliphatic heterocycles. The van der Waals surface area contributed by atoms with E-state index < -0.39 is 0 Å². The fraction of sp³-hybridized carbons (Fsp3) is 0.476. The first-order valence-corrected chi connectivity index (χ1v) is 10.2. The Morgan fingerprint density at radius 2 is 2.13 bits per heavy atom. The number of hydrogen-bond acceptors (Lipinski definition) is 5. The molecule has 30 heavy (non-hydrogen) atoms. The van der Waals surface area contributed by atoms with Crippen molar-refractivity contribution in [2.45, 2.75) is 38.9 Å². The summed E-state index contributed by atoms with van der Waals surface area (Å²) < 4.78 is 0. The Morgan fingerprint density at radius 1 is 1.30 bits per heavy atom. The van der Waals surface area contributed by atoms with E-state index in [-0.39, 0.29) is 30.1 Å². The summed E-state index contributed by atoms with van der Waals surface area (Å²) in [5, 5.41) is 13.4. The molecule has 0 aliphatic carbocycles. The van der Waals surface area contributed by atoms with Gasteiger partial charge in [0.1, 0.15) is 0 Å². The van der Waals surface area contributed by atoms with Gasteiger partial charge in [-0.3, -0.25) is 19.6 Å². The highest BCUT2D eigenvalue weighted by atomic mass is 35.5. The summed E-state index contributed by atoms with van der Waals surface area (Å²) in [5.74, 6) is -0.417. The number of benzene rings is 1. The normalized spacial score (nSPS) is 18.9.